The molecule has 2 N–H and O–H groups in total. The molecule has 1 aliphatic rings. The Hall–Kier alpha value is -1.61. The topological polar surface area (TPSA) is 42.2 Å². The summed E-state index contributed by atoms with van der Waals surface area (Å²) in [5.41, 5.74) is 7.86. The number of pyridine rings is 1. The molecule has 1 fully saturated rings. The van der Waals surface area contributed by atoms with Gasteiger partial charge < -0.3 is 10.6 Å². The molecule has 0 bridgehead atoms. The van der Waals surface area contributed by atoms with Crippen molar-refractivity contribution in [2.24, 2.45) is 0 Å². The molecule has 3 nitrogen and oxygen atoms in total. The first-order valence-corrected chi connectivity index (χ1v) is 6.14. The van der Waals surface area contributed by atoms with Crippen LogP contribution < -0.4 is 5.73 Å². The zero-order chi connectivity index (χ0) is 11.8. The molecule has 0 amide bonds. The second-order valence-corrected chi connectivity index (χ2v) is 4.73. The van der Waals surface area contributed by atoms with E-state index in [0.717, 1.165) is 25.3 Å². The molecule has 3 heteroatoms. The van der Waals surface area contributed by atoms with Crippen LogP contribution in [0, 0.1) is 0 Å². The molecule has 2 aromatic rings. The minimum Gasteiger partial charge on any atom is -0.399 e. The lowest BCUT2D eigenvalue weighted by atomic mass is 9.92. The van der Waals surface area contributed by atoms with Crippen molar-refractivity contribution in [1.29, 1.82) is 0 Å². The van der Waals surface area contributed by atoms with Gasteiger partial charge in [0.2, 0.25) is 0 Å². The van der Waals surface area contributed by atoms with Crippen molar-refractivity contribution in [3.05, 3.63) is 36.2 Å². The monoisotopic (exact) mass is 227 g/mol. The summed E-state index contributed by atoms with van der Waals surface area (Å²) in [5, 5.41) is 2.45. The number of likely N-dealkylation sites (tertiary alicyclic amines) is 1. The molecule has 0 saturated carbocycles. The van der Waals surface area contributed by atoms with Crippen LogP contribution in [0.2, 0.25) is 0 Å². The Morgan fingerprint density at radius 3 is 2.94 bits per heavy atom. The van der Waals surface area contributed by atoms with Gasteiger partial charge in [-0.1, -0.05) is 13.0 Å². The van der Waals surface area contributed by atoms with Crippen LogP contribution in [0.5, 0.6) is 0 Å². The Morgan fingerprint density at radius 1 is 1.35 bits per heavy atom. The zero-order valence-electron chi connectivity index (χ0n) is 10.1. The van der Waals surface area contributed by atoms with Crippen LogP contribution in [0.15, 0.2) is 30.5 Å². The molecular formula is C14H17N3. The molecule has 1 aliphatic heterocycles. The number of fused-ring (bicyclic) bond motifs is 1. The molecule has 0 spiro atoms. The van der Waals surface area contributed by atoms with Gasteiger partial charge in [0.25, 0.3) is 0 Å². The normalized spacial score (nSPS) is 17.2. The van der Waals surface area contributed by atoms with E-state index in [4.69, 9.17) is 5.73 Å². The summed E-state index contributed by atoms with van der Waals surface area (Å²) in [6, 6.07) is 8.12. The number of likely N-dealkylation sites (N-methyl/N-ethyl adjacent to an activating group) is 1. The third-order valence-corrected chi connectivity index (χ3v) is 3.61. The summed E-state index contributed by atoms with van der Waals surface area (Å²) < 4.78 is 0. The second-order valence-electron chi connectivity index (χ2n) is 4.73. The highest BCUT2D eigenvalue weighted by atomic mass is 15.2. The van der Waals surface area contributed by atoms with E-state index < -0.39 is 0 Å². The lowest BCUT2D eigenvalue weighted by Gasteiger charge is -2.38. The number of hydrogen-bond acceptors (Lipinski definition) is 3. The number of aromatic nitrogens is 1. The molecule has 0 atom stereocenters. The standard InChI is InChI=1S/C14H17N3/c1-2-17-8-11(9-17)14-13-4-3-12(15)7-10(13)5-6-16-14/h3-7,11H,2,8-9,15H2,1H3. The van der Waals surface area contributed by atoms with E-state index in [1.165, 1.54) is 16.5 Å². The van der Waals surface area contributed by atoms with Gasteiger partial charge in [-0.2, -0.15) is 0 Å². The Balaban J connectivity index is 2.00. The van der Waals surface area contributed by atoms with Crippen molar-refractivity contribution >= 4 is 16.5 Å². The number of hydrogen-bond donors (Lipinski definition) is 1. The van der Waals surface area contributed by atoms with Crippen LogP contribution in [-0.4, -0.2) is 29.5 Å². The van der Waals surface area contributed by atoms with Crippen LogP contribution >= 0.6 is 0 Å². The number of nitrogens with two attached hydrogens (primary N) is 1. The molecule has 1 aromatic carbocycles. The molecule has 1 saturated heterocycles. The van der Waals surface area contributed by atoms with Crippen LogP contribution in [-0.2, 0) is 0 Å². The highest BCUT2D eigenvalue weighted by Gasteiger charge is 2.28. The average Bonchev–Trinajstić information content (AvgIpc) is 2.27. The zero-order valence-corrected chi connectivity index (χ0v) is 10.1. The van der Waals surface area contributed by atoms with Gasteiger partial charge >= 0.3 is 0 Å². The third kappa shape index (κ3) is 1.76. The van der Waals surface area contributed by atoms with Crippen molar-refractivity contribution < 1.29 is 0 Å². The molecule has 17 heavy (non-hydrogen) atoms. The fourth-order valence-corrected chi connectivity index (χ4v) is 2.55. The van der Waals surface area contributed by atoms with E-state index in [1.807, 2.05) is 24.4 Å². The fourth-order valence-electron chi connectivity index (χ4n) is 2.55. The molecule has 3 rings (SSSR count). The van der Waals surface area contributed by atoms with Gasteiger partial charge in [-0.15, -0.1) is 0 Å². The summed E-state index contributed by atoms with van der Waals surface area (Å²) in [6.07, 6.45) is 1.89. The van der Waals surface area contributed by atoms with Crippen LogP contribution in [0.3, 0.4) is 0 Å². The van der Waals surface area contributed by atoms with Crippen LogP contribution in [0.4, 0.5) is 5.69 Å². The maximum atomic E-state index is 5.81. The molecule has 0 unspecified atom stereocenters. The van der Waals surface area contributed by atoms with Gasteiger partial charge in [-0.25, -0.2) is 0 Å². The van der Waals surface area contributed by atoms with E-state index in [9.17, 15) is 0 Å². The summed E-state index contributed by atoms with van der Waals surface area (Å²) >= 11 is 0. The highest BCUT2D eigenvalue weighted by molar-refractivity contribution is 5.87. The van der Waals surface area contributed by atoms with E-state index >= 15 is 0 Å². The van der Waals surface area contributed by atoms with Gasteiger partial charge in [0, 0.05) is 36.3 Å². The summed E-state index contributed by atoms with van der Waals surface area (Å²) in [6.45, 7) is 5.60. The minimum absolute atomic E-state index is 0.585. The van der Waals surface area contributed by atoms with Gasteiger partial charge in [0.1, 0.15) is 0 Å². The fraction of sp³-hybridized carbons (Fsp3) is 0.357. The van der Waals surface area contributed by atoms with Crippen molar-refractivity contribution in [3.63, 3.8) is 0 Å². The maximum absolute atomic E-state index is 5.81. The highest BCUT2D eigenvalue weighted by Crippen LogP contribution is 2.31. The van der Waals surface area contributed by atoms with Crippen molar-refractivity contribution in [2.45, 2.75) is 12.8 Å². The van der Waals surface area contributed by atoms with Crippen molar-refractivity contribution in [1.82, 2.24) is 9.88 Å². The number of nitrogens with zero attached hydrogens (tertiary/aromatic N) is 2. The lowest BCUT2D eigenvalue weighted by molar-refractivity contribution is 0.156. The predicted molar refractivity (Wildman–Crippen MR) is 71.0 cm³/mol. The van der Waals surface area contributed by atoms with Crippen LogP contribution in [0.25, 0.3) is 10.8 Å². The molecule has 1 aromatic heterocycles. The van der Waals surface area contributed by atoms with E-state index in [0.29, 0.717) is 5.92 Å². The predicted octanol–water partition coefficient (Wildman–Crippen LogP) is 2.24. The van der Waals surface area contributed by atoms with Crippen molar-refractivity contribution in [2.75, 3.05) is 25.4 Å². The quantitative estimate of drug-likeness (QED) is 0.800. The Bertz CT molecular complexity index is 544. The van der Waals surface area contributed by atoms with Gasteiger partial charge in [0.15, 0.2) is 0 Å². The SMILES string of the molecule is CCN1CC(c2nccc3cc(N)ccc23)C1. The third-order valence-electron chi connectivity index (χ3n) is 3.61. The Labute approximate surface area is 101 Å². The molecule has 0 radical (unpaired) electrons. The summed E-state index contributed by atoms with van der Waals surface area (Å²) in [4.78, 5) is 6.99. The number of nitrogen functional groups attached to an aromatic ring is 1. The average molecular weight is 227 g/mol. The van der Waals surface area contributed by atoms with Crippen molar-refractivity contribution in [3.8, 4) is 0 Å². The van der Waals surface area contributed by atoms with Gasteiger partial charge in [-0.05, 0) is 30.1 Å². The Morgan fingerprint density at radius 2 is 2.18 bits per heavy atom. The summed E-state index contributed by atoms with van der Waals surface area (Å²) in [5.74, 6) is 0.585. The van der Waals surface area contributed by atoms with E-state index in [2.05, 4.69) is 22.9 Å². The molecule has 2 heterocycles. The number of benzene rings is 1. The largest absolute Gasteiger partial charge is 0.399 e. The first-order chi connectivity index (χ1) is 8.28. The van der Waals surface area contributed by atoms with E-state index in [-0.39, 0.29) is 0 Å². The van der Waals surface area contributed by atoms with E-state index in [1.54, 1.807) is 0 Å². The molecule has 88 valence electrons. The lowest BCUT2D eigenvalue weighted by Crippen LogP contribution is -2.44. The van der Waals surface area contributed by atoms with Gasteiger partial charge in [-0.3, -0.25) is 4.98 Å². The Kier molecular flexibility index (Phi) is 2.48. The second kappa shape index (κ2) is 4.00. The number of rotatable bonds is 2. The van der Waals surface area contributed by atoms with Gasteiger partial charge in [0.05, 0.1) is 5.69 Å². The smallest absolute Gasteiger partial charge is 0.0538 e. The first-order valence-electron chi connectivity index (χ1n) is 6.14. The summed E-state index contributed by atoms with van der Waals surface area (Å²) in [7, 11) is 0. The minimum atomic E-state index is 0.585. The first kappa shape index (κ1) is 10.5. The maximum Gasteiger partial charge on any atom is 0.0538 e. The number of anilines is 1. The molecular weight excluding hydrogens is 210 g/mol. The van der Waals surface area contributed by atoms with Crippen LogP contribution in [0.1, 0.15) is 18.5 Å². The molecule has 0 aliphatic carbocycles.